The van der Waals surface area contributed by atoms with Gasteiger partial charge in [0.15, 0.2) is 0 Å². The quantitative estimate of drug-likeness (QED) is 0.885. The van der Waals surface area contributed by atoms with Crippen molar-refractivity contribution in [1.82, 2.24) is 4.90 Å². The molecule has 2 unspecified atom stereocenters. The highest BCUT2D eigenvalue weighted by atomic mass is 16.6. The number of likely N-dealkylation sites (tertiary alicyclic amines) is 1. The lowest BCUT2D eigenvalue weighted by Crippen LogP contribution is -2.35. The van der Waals surface area contributed by atoms with Gasteiger partial charge in [-0.2, -0.15) is 0 Å². The van der Waals surface area contributed by atoms with Gasteiger partial charge in [0.1, 0.15) is 6.61 Å². The monoisotopic (exact) mass is 365 g/mol. The first-order chi connectivity index (χ1) is 13.0. The fourth-order valence-electron chi connectivity index (χ4n) is 4.47. The van der Waals surface area contributed by atoms with E-state index in [9.17, 15) is 9.59 Å². The van der Waals surface area contributed by atoms with Crippen molar-refractivity contribution in [2.24, 2.45) is 5.92 Å². The van der Waals surface area contributed by atoms with E-state index in [4.69, 9.17) is 9.84 Å². The fourth-order valence-corrected chi connectivity index (χ4v) is 4.47. The van der Waals surface area contributed by atoms with E-state index in [0.717, 1.165) is 0 Å². The molecule has 1 heterocycles. The maximum absolute atomic E-state index is 12.6. The Hall–Kier alpha value is -2.82. The molecule has 0 spiro atoms. The van der Waals surface area contributed by atoms with E-state index in [2.05, 4.69) is 24.3 Å². The summed E-state index contributed by atoms with van der Waals surface area (Å²) in [6, 6.07) is 16.5. The number of fused-ring (bicyclic) bond motifs is 3. The molecule has 0 saturated carbocycles. The zero-order chi connectivity index (χ0) is 19.0. The summed E-state index contributed by atoms with van der Waals surface area (Å²) in [6.07, 6.45) is 0.450. The average molecular weight is 365 g/mol. The largest absolute Gasteiger partial charge is 0.481 e. The highest BCUT2D eigenvalue weighted by molar-refractivity contribution is 5.79. The van der Waals surface area contributed by atoms with Crippen LogP contribution in [0.4, 0.5) is 4.79 Å². The van der Waals surface area contributed by atoms with Crippen LogP contribution in [-0.2, 0) is 9.53 Å². The molecule has 1 amide bonds. The van der Waals surface area contributed by atoms with Crippen LogP contribution in [0.2, 0.25) is 0 Å². The first-order valence-corrected chi connectivity index (χ1v) is 9.38. The van der Waals surface area contributed by atoms with E-state index < -0.39 is 5.97 Å². The molecule has 2 aromatic rings. The molecule has 140 valence electrons. The predicted molar refractivity (Wildman–Crippen MR) is 102 cm³/mol. The van der Waals surface area contributed by atoms with Crippen LogP contribution >= 0.6 is 0 Å². The Morgan fingerprint density at radius 3 is 2.26 bits per heavy atom. The molecule has 0 bridgehead atoms. The SMILES string of the molecule is CC1CC(CC(=O)O)CN1C(=O)OCC1c2ccccc2-c2ccccc21. The van der Waals surface area contributed by atoms with Crippen molar-refractivity contribution in [2.45, 2.75) is 31.7 Å². The summed E-state index contributed by atoms with van der Waals surface area (Å²) in [4.78, 5) is 25.2. The van der Waals surface area contributed by atoms with E-state index >= 15 is 0 Å². The van der Waals surface area contributed by atoms with Crippen LogP contribution in [0.3, 0.4) is 0 Å². The number of benzene rings is 2. The van der Waals surface area contributed by atoms with Gasteiger partial charge in [0.25, 0.3) is 0 Å². The number of rotatable bonds is 4. The van der Waals surface area contributed by atoms with Crippen LogP contribution in [0.1, 0.15) is 36.8 Å². The van der Waals surface area contributed by atoms with E-state index in [0.29, 0.717) is 19.6 Å². The maximum Gasteiger partial charge on any atom is 0.410 e. The topological polar surface area (TPSA) is 66.8 Å². The third-order valence-electron chi connectivity index (χ3n) is 5.70. The molecule has 1 saturated heterocycles. The first kappa shape index (κ1) is 17.6. The number of carbonyl (C=O) groups excluding carboxylic acids is 1. The van der Waals surface area contributed by atoms with Crippen LogP contribution in [0, 0.1) is 5.92 Å². The van der Waals surface area contributed by atoms with Gasteiger partial charge in [0.05, 0.1) is 0 Å². The van der Waals surface area contributed by atoms with Crippen molar-refractivity contribution >= 4 is 12.1 Å². The Balaban J connectivity index is 1.46. The molecule has 1 fully saturated rings. The van der Waals surface area contributed by atoms with Crippen LogP contribution in [0.25, 0.3) is 11.1 Å². The molecule has 1 N–H and O–H groups in total. The molecule has 2 aliphatic rings. The predicted octanol–water partition coefficient (Wildman–Crippen LogP) is 4.12. The normalized spacial score (nSPS) is 21.0. The Morgan fingerprint density at radius 2 is 1.67 bits per heavy atom. The maximum atomic E-state index is 12.6. The van der Waals surface area contributed by atoms with Crippen molar-refractivity contribution in [1.29, 1.82) is 0 Å². The molecule has 2 atom stereocenters. The van der Waals surface area contributed by atoms with Gasteiger partial charge in [0, 0.05) is 24.9 Å². The number of ether oxygens (including phenoxy) is 1. The Bertz CT molecular complexity index is 833. The lowest BCUT2D eigenvalue weighted by molar-refractivity contribution is -0.138. The number of aliphatic carboxylic acids is 1. The third-order valence-corrected chi connectivity index (χ3v) is 5.70. The molecule has 4 rings (SSSR count). The molecule has 1 aliphatic heterocycles. The van der Waals surface area contributed by atoms with Gasteiger partial charge < -0.3 is 14.7 Å². The number of nitrogens with zero attached hydrogens (tertiary/aromatic N) is 1. The lowest BCUT2D eigenvalue weighted by atomic mass is 9.98. The van der Waals surface area contributed by atoms with Crippen LogP contribution in [-0.4, -0.2) is 41.3 Å². The van der Waals surface area contributed by atoms with E-state index in [1.165, 1.54) is 22.3 Å². The highest BCUT2D eigenvalue weighted by Crippen LogP contribution is 2.44. The van der Waals surface area contributed by atoms with E-state index in [-0.39, 0.29) is 30.4 Å². The van der Waals surface area contributed by atoms with Crippen LogP contribution < -0.4 is 0 Å². The summed E-state index contributed by atoms with van der Waals surface area (Å²) in [7, 11) is 0. The van der Waals surface area contributed by atoms with Crippen LogP contribution in [0.5, 0.6) is 0 Å². The van der Waals surface area contributed by atoms with E-state index in [1.54, 1.807) is 4.90 Å². The van der Waals surface area contributed by atoms with Gasteiger partial charge in [-0.15, -0.1) is 0 Å². The van der Waals surface area contributed by atoms with Gasteiger partial charge in [-0.25, -0.2) is 4.79 Å². The molecular weight excluding hydrogens is 342 g/mol. The minimum atomic E-state index is -0.818. The van der Waals surface area contributed by atoms with Gasteiger partial charge in [-0.3, -0.25) is 4.79 Å². The molecule has 0 radical (unpaired) electrons. The van der Waals surface area contributed by atoms with Crippen molar-refractivity contribution in [3.63, 3.8) is 0 Å². The number of hydrogen-bond acceptors (Lipinski definition) is 3. The smallest absolute Gasteiger partial charge is 0.410 e. The Morgan fingerprint density at radius 1 is 1.07 bits per heavy atom. The van der Waals surface area contributed by atoms with Gasteiger partial charge in [-0.05, 0) is 41.5 Å². The summed E-state index contributed by atoms with van der Waals surface area (Å²) < 4.78 is 5.69. The average Bonchev–Trinajstić information content (AvgIpc) is 3.17. The highest BCUT2D eigenvalue weighted by Gasteiger charge is 2.35. The van der Waals surface area contributed by atoms with Gasteiger partial charge >= 0.3 is 12.1 Å². The van der Waals surface area contributed by atoms with E-state index in [1.807, 2.05) is 31.2 Å². The number of hydrogen-bond donors (Lipinski definition) is 1. The zero-order valence-electron chi connectivity index (χ0n) is 15.3. The number of carboxylic acid groups (broad SMARTS) is 1. The molecule has 5 nitrogen and oxygen atoms in total. The van der Waals surface area contributed by atoms with Gasteiger partial charge in [0.2, 0.25) is 0 Å². The Kier molecular flexibility index (Phi) is 4.60. The van der Waals surface area contributed by atoms with Crippen molar-refractivity contribution in [2.75, 3.05) is 13.2 Å². The first-order valence-electron chi connectivity index (χ1n) is 9.38. The molecule has 2 aromatic carbocycles. The molecule has 5 heteroatoms. The second-order valence-electron chi connectivity index (χ2n) is 7.50. The van der Waals surface area contributed by atoms with Gasteiger partial charge in [-0.1, -0.05) is 48.5 Å². The van der Waals surface area contributed by atoms with Crippen molar-refractivity contribution in [3.8, 4) is 11.1 Å². The molecule has 1 aliphatic carbocycles. The molecule has 0 aromatic heterocycles. The molecular formula is C22H23NO4. The third kappa shape index (κ3) is 3.29. The minimum absolute atomic E-state index is 0.00187. The summed E-state index contributed by atoms with van der Waals surface area (Å²) in [5.41, 5.74) is 4.77. The standard InChI is InChI=1S/C22H23NO4/c1-14-10-15(11-21(24)25)12-23(14)22(26)27-13-20-18-8-4-2-6-16(18)17-7-3-5-9-19(17)20/h2-9,14-15,20H,10-13H2,1H3,(H,24,25). The molecule has 27 heavy (non-hydrogen) atoms. The summed E-state index contributed by atoms with van der Waals surface area (Å²) in [6.45, 7) is 2.69. The number of carbonyl (C=O) groups is 2. The second kappa shape index (κ2) is 7.06. The lowest BCUT2D eigenvalue weighted by Gasteiger charge is -2.22. The van der Waals surface area contributed by atoms with Crippen LogP contribution in [0.15, 0.2) is 48.5 Å². The second-order valence-corrected chi connectivity index (χ2v) is 7.50. The zero-order valence-corrected chi connectivity index (χ0v) is 15.3. The van der Waals surface area contributed by atoms with Crippen molar-refractivity contribution < 1.29 is 19.4 Å². The summed E-state index contributed by atoms with van der Waals surface area (Å²) >= 11 is 0. The minimum Gasteiger partial charge on any atom is -0.481 e. The summed E-state index contributed by atoms with van der Waals surface area (Å²) in [5.74, 6) is -0.784. The fraction of sp³-hybridized carbons (Fsp3) is 0.364. The summed E-state index contributed by atoms with van der Waals surface area (Å²) in [5, 5.41) is 8.98. The number of carboxylic acids is 1. The number of amides is 1. The van der Waals surface area contributed by atoms with Crippen molar-refractivity contribution in [3.05, 3.63) is 59.7 Å². The Labute approximate surface area is 158 Å².